The number of ether oxygens (including phenoxy) is 1. The van der Waals surface area contributed by atoms with Crippen LogP contribution in [0.5, 0.6) is 0 Å². The van der Waals surface area contributed by atoms with Gasteiger partial charge in [0.15, 0.2) is 0 Å². The fraction of sp³-hybridized carbons (Fsp3) is 1.00. The number of aliphatic hydroxyl groups is 1. The first-order chi connectivity index (χ1) is 8.06. The van der Waals surface area contributed by atoms with Gasteiger partial charge in [-0.05, 0) is 25.9 Å². The van der Waals surface area contributed by atoms with E-state index >= 15 is 0 Å². The van der Waals surface area contributed by atoms with Crippen molar-refractivity contribution in [2.24, 2.45) is 0 Å². The summed E-state index contributed by atoms with van der Waals surface area (Å²) in [5.41, 5.74) is 0. The maximum atomic E-state index is 9.17. The number of rotatable bonds is 11. The van der Waals surface area contributed by atoms with Gasteiger partial charge in [0.05, 0.1) is 12.7 Å². The van der Waals surface area contributed by atoms with Gasteiger partial charge >= 0.3 is 0 Å². The number of hydrogen-bond acceptors (Lipinski definition) is 4. The molecule has 104 valence electrons. The summed E-state index contributed by atoms with van der Waals surface area (Å²) in [6.45, 7) is 11.2. The topological polar surface area (TPSA) is 53.5 Å². The summed E-state index contributed by atoms with van der Waals surface area (Å²) in [6, 6.07) is 1.02. The molecule has 3 N–H and O–H groups in total. The molecule has 1 unspecified atom stereocenters. The van der Waals surface area contributed by atoms with Crippen molar-refractivity contribution < 1.29 is 9.84 Å². The van der Waals surface area contributed by atoms with Crippen molar-refractivity contribution in [2.75, 3.05) is 26.3 Å². The van der Waals surface area contributed by atoms with E-state index in [0.717, 1.165) is 25.9 Å². The predicted molar refractivity (Wildman–Crippen MR) is 72.3 cm³/mol. The third-order valence-electron chi connectivity index (χ3n) is 2.45. The lowest BCUT2D eigenvalue weighted by atomic mass is 10.2. The molecule has 4 nitrogen and oxygen atoms in total. The smallest absolute Gasteiger partial charge is 0.0817 e. The number of nitrogens with one attached hydrogen (secondary N) is 2. The van der Waals surface area contributed by atoms with Crippen LogP contribution in [0.3, 0.4) is 0 Å². The first-order valence-corrected chi connectivity index (χ1v) is 6.75. The highest BCUT2D eigenvalue weighted by Crippen LogP contribution is 1.98. The normalized spacial score (nSPS) is 13.6. The Labute approximate surface area is 106 Å². The van der Waals surface area contributed by atoms with Crippen LogP contribution >= 0.6 is 0 Å². The lowest BCUT2D eigenvalue weighted by Crippen LogP contribution is -2.30. The van der Waals surface area contributed by atoms with Crippen LogP contribution in [-0.4, -0.2) is 49.6 Å². The van der Waals surface area contributed by atoms with E-state index in [2.05, 4.69) is 38.3 Å². The van der Waals surface area contributed by atoms with Crippen LogP contribution in [-0.2, 0) is 4.74 Å². The van der Waals surface area contributed by atoms with Crippen molar-refractivity contribution in [1.29, 1.82) is 0 Å². The van der Waals surface area contributed by atoms with Crippen LogP contribution in [0, 0.1) is 0 Å². The molecule has 0 amide bonds. The van der Waals surface area contributed by atoms with Crippen molar-refractivity contribution in [1.82, 2.24) is 10.6 Å². The number of hydrogen-bond donors (Lipinski definition) is 3. The Morgan fingerprint density at radius 1 is 1.00 bits per heavy atom. The van der Waals surface area contributed by atoms with Gasteiger partial charge in [-0.25, -0.2) is 0 Å². The Hall–Kier alpha value is -0.160. The van der Waals surface area contributed by atoms with E-state index in [0.29, 0.717) is 18.7 Å². The minimum Gasteiger partial charge on any atom is -0.394 e. The summed E-state index contributed by atoms with van der Waals surface area (Å²) < 4.78 is 5.62. The maximum absolute atomic E-state index is 9.17. The van der Waals surface area contributed by atoms with E-state index in [1.165, 1.54) is 0 Å². The van der Waals surface area contributed by atoms with Gasteiger partial charge in [-0.2, -0.15) is 0 Å². The minimum atomic E-state index is -0.0275. The van der Waals surface area contributed by atoms with Crippen LogP contribution in [0.25, 0.3) is 0 Å². The van der Waals surface area contributed by atoms with Crippen molar-refractivity contribution >= 4 is 0 Å². The summed E-state index contributed by atoms with van der Waals surface area (Å²) in [6.07, 6.45) is 1.83. The van der Waals surface area contributed by atoms with Crippen molar-refractivity contribution in [3.8, 4) is 0 Å². The third kappa shape index (κ3) is 12.1. The molecule has 0 radical (unpaired) electrons. The van der Waals surface area contributed by atoms with Crippen LogP contribution in [0.4, 0.5) is 0 Å². The molecule has 0 aliphatic rings. The van der Waals surface area contributed by atoms with Crippen LogP contribution in [0.1, 0.15) is 40.5 Å². The fourth-order valence-corrected chi connectivity index (χ4v) is 1.47. The van der Waals surface area contributed by atoms with Gasteiger partial charge in [-0.3, -0.25) is 0 Å². The molecule has 17 heavy (non-hydrogen) atoms. The summed E-state index contributed by atoms with van der Waals surface area (Å²) in [5.74, 6) is 0. The highest BCUT2D eigenvalue weighted by atomic mass is 16.5. The lowest BCUT2D eigenvalue weighted by Gasteiger charge is -2.17. The van der Waals surface area contributed by atoms with Crippen molar-refractivity contribution in [2.45, 2.75) is 58.7 Å². The van der Waals surface area contributed by atoms with Gasteiger partial charge in [0.25, 0.3) is 0 Å². The second-order valence-electron chi connectivity index (χ2n) is 5.04. The van der Waals surface area contributed by atoms with Gasteiger partial charge in [-0.15, -0.1) is 0 Å². The van der Waals surface area contributed by atoms with Crippen LogP contribution in [0.2, 0.25) is 0 Å². The Kier molecular flexibility index (Phi) is 10.9. The molecule has 0 aromatic carbocycles. The zero-order valence-corrected chi connectivity index (χ0v) is 11.8. The molecule has 0 fully saturated rings. The lowest BCUT2D eigenvalue weighted by molar-refractivity contribution is 0.00722. The summed E-state index contributed by atoms with van der Waals surface area (Å²) >= 11 is 0. The Balaban J connectivity index is 3.41. The third-order valence-corrected chi connectivity index (χ3v) is 2.45. The molecular formula is C13H30N2O2. The standard InChI is InChI=1S/C13H30N2O2/c1-11(2)14-7-5-9-17-13(10-16)6-8-15-12(3)4/h11-16H,5-10H2,1-4H3. The molecule has 0 heterocycles. The van der Waals surface area contributed by atoms with E-state index < -0.39 is 0 Å². The van der Waals surface area contributed by atoms with Gasteiger partial charge < -0.3 is 20.5 Å². The largest absolute Gasteiger partial charge is 0.394 e. The van der Waals surface area contributed by atoms with Crippen molar-refractivity contribution in [3.05, 3.63) is 0 Å². The molecule has 0 bridgehead atoms. The highest BCUT2D eigenvalue weighted by Gasteiger charge is 2.07. The van der Waals surface area contributed by atoms with Gasteiger partial charge in [0, 0.05) is 18.7 Å². The highest BCUT2D eigenvalue weighted by molar-refractivity contribution is 4.61. The monoisotopic (exact) mass is 246 g/mol. The molecule has 0 saturated heterocycles. The zero-order valence-electron chi connectivity index (χ0n) is 11.8. The maximum Gasteiger partial charge on any atom is 0.0817 e. The van der Waals surface area contributed by atoms with Gasteiger partial charge in [0.1, 0.15) is 0 Å². The summed E-state index contributed by atoms with van der Waals surface area (Å²) in [7, 11) is 0. The van der Waals surface area contributed by atoms with E-state index in [1.54, 1.807) is 0 Å². The van der Waals surface area contributed by atoms with E-state index in [4.69, 9.17) is 9.84 Å². The average Bonchev–Trinajstić information content (AvgIpc) is 2.25. The Morgan fingerprint density at radius 3 is 2.12 bits per heavy atom. The fourth-order valence-electron chi connectivity index (χ4n) is 1.47. The average molecular weight is 246 g/mol. The SMILES string of the molecule is CC(C)NCCCOC(CO)CCNC(C)C. The first-order valence-electron chi connectivity index (χ1n) is 6.75. The zero-order chi connectivity index (χ0) is 13.1. The molecule has 0 aliphatic heterocycles. The van der Waals surface area contributed by atoms with Crippen LogP contribution in [0.15, 0.2) is 0 Å². The molecule has 0 rings (SSSR count). The van der Waals surface area contributed by atoms with Gasteiger partial charge in [-0.1, -0.05) is 27.7 Å². The molecule has 0 aromatic heterocycles. The molecule has 4 heteroatoms. The predicted octanol–water partition coefficient (Wildman–Crippen LogP) is 1.14. The molecule has 0 aromatic rings. The van der Waals surface area contributed by atoms with E-state index in [-0.39, 0.29) is 12.7 Å². The molecule has 1 atom stereocenters. The molecular weight excluding hydrogens is 216 g/mol. The second kappa shape index (κ2) is 11.0. The van der Waals surface area contributed by atoms with Crippen molar-refractivity contribution in [3.63, 3.8) is 0 Å². The van der Waals surface area contributed by atoms with E-state index in [1.807, 2.05) is 0 Å². The Morgan fingerprint density at radius 2 is 1.59 bits per heavy atom. The molecule has 0 spiro atoms. The summed E-state index contributed by atoms with van der Waals surface area (Å²) in [4.78, 5) is 0. The number of aliphatic hydroxyl groups excluding tert-OH is 1. The minimum absolute atomic E-state index is 0.0275. The summed E-state index contributed by atoms with van der Waals surface area (Å²) in [5, 5.41) is 15.8. The Bertz CT molecular complexity index is 163. The quantitative estimate of drug-likeness (QED) is 0.479. The van der Waals surface area contributed by atoms with Gasteiger partial charge in [0.2, 0.25) is 0 Å². The first kappa shape index (κ1) is 16.8. The molecule has 0 aliphatic carbocycles. The van der Waals surface area contributed by atoms with Crippen LogP contribution < -0.4 is 10.6 Å². The second-order valence-corrected chi connectivity index (χ2v) is 5.04. The van der Waals surface area contributed by atoms with E-state index in [9.17, 15) is 0 Å². The molecule has 0 saturated carbocycles.